The summed E-state index contributed by atoms with van der Waals surface area (Å²) >= 11 is 6.18. The van der Waals surface area contributed by atoms with Gasteiger partial charge in [-0.05, 0) is 31.0 Å². The fourth-order valence-electron chi connectivity index (χ4n) is 1.98. The molecular weight excluding hydrogens is 262 g/mol. The number of anilines is 1. The Morgan fingerprint density at radius 1 is 1.32 bits per heavy atom. The number of hydrogen-bond acceptors (Lipinski definition) is 3. The van der Waals surface area contributed by atoms with Gasteiger partial charge in [0.2, 0.25) is 0 Å². The third-order valence-corrected chi connectivity index (χ3v) is 3.57. The minimum Gasteiger partial charge on any atom is -0.396 e. The first-order valence-corrected chi connectivity index (χ1v) is 6.61. The lowest BCUT2D eigenvalue weighted by atomic mass is 10.1. The molecule has 0 fully saturated rings. The molecule has 0 unspecified atom stereocenters. The van der Waals surface area contributed by atoms with E-state index in [2.05, 4.69) is 10.4 Å². The van der Waals surface area contributed by atoms with E-state index in [1.54, 1.807) is 4.68 Å². The molecule has 0 spiro atoms. The van der Waals surface area contributed by atoms with E-state index in [1.807, 2.05) is 38.2 Å². The van der Waals surface area contributed by atoms with Crippen LogP contribution < -0.4 is 5.32 Å². The third kappa shape index (κ3) is 3.28. The average Bonchev–Trinajstić information content (AvgIpc) is 2.64. The highest BCUT2D eigenvalue weighted by atomic mass is 35.5. The maximum Gasteiger partial charge on any atom is 0.131 e. The fourth-order valence-corrected chi connectivity index (χ4v) is 2.22. The van der Waals surface area contributed by atoms with E-state index in [0.717, 1.165) is 22.5 Å². The van der Waals surface area contributed by atoms with Gasteiger partial charge in [0.25, 0.3) is 0 Å². The van der Waals surface area contributed by atoms with Crippen molar-refractivity contribution in [3.63, 3.8) is 0 Å². The Balaban J connectivity index is 2.02. The topological polar surface area (TPSA) is 50.1 Å². The van der Waals surface area contributed by atoms with Crippen molar-refractivity contribution in [2.24, 2.45) is 7.05 Å². The molecule has 5 heteroatoms. The van der Waals surface area contributed by atoms with Crippen molar-refractivity contribution in [1.82, 2.24) is 9.78 Å². The SMILES string of the molecule is Cc1nn(C)c(Cl)c1CNc1ccc(CCO)cc1. The number of aromatic nitrogens is 2. The zero-order valence-electron chi connectivity index (χ0n) is 11.2. The van der Waals surface area contributed by atoms with Gasteiger partial charge in [-0.25, -0.2) is 0 Å². The molecule has 0 saturated carbocycles. The minimum atomic E-state index is 0.178. The molecule has 0 radical (unpaired) electrons. The summed E-state index contributed by atoms with van der Waals surface area (Å²) in [5, 5.41) is 17.1. The summed E-state index contributed by atoms with van der Waals surface area (Å²) in [6.07, 6.45) is 0.688. The van der Waals surface area contributed by atoms with Crippen LogP contribution in [0.5, 0.6) is 0 Å². The fraction of sp³-hybridized carbons (Fsp3) is 0.357. The lowest BCUT2D eigenvalue weighted by Crippen LogP contribution is -2.01. The summed E-state index contributed by atoms with van der Waals surface area (Å²) in [5.74, 6) is 0. The molecule has 1 aromatic heterocycles. The van der Waals surface area contributed by atoms with E-state index in [0.29, 0.717) is 18.1 Å². The highest BCUT2D eigenvalue weighted by Crippen LogP contribution is 2.20. The second-order valence-corrected chi connectivity index (χ2v) is 4.86. The molecule has 0 saturated heterocycles. The number of benzene rings is 1. The number of nitrogens with zero attached hydrogens (tertiary/aromatic N) is 2. The number of aryl methyl sites for hydroxylation is 2. The van der Waals surface area contributed by atoms with Gasteiger partial charge < -0.3 is 10.4 Å². The van der Waals surface area contributed by atoms with Gasteiger partial charge in [0.1, 0.15) is 5.15 Å². The molecule has 0 amide bonds. The van der Waals surface area contributed by atoms with Crippen LogP contribution in [0.15, 0.2) is 24.3 Å². The molecule has 1 aromatic carbocycles. The van der Waals surface area contributed by atoms with Gasteiger partial charge in [-0.1, -0.05) is 23.7 Å². The van der Waals surface area contributed by atoms with Gasteiger partial charge in [-0.2, -0.15) is 5.10 Å². The van der Waals surface area contributed by atoms with Crippen LogP contribution in [0.4, 0.5) is 5.69 Å². The average molecular weight is 280 g/mol. The van der Waals surface area contributed by atoms with Crippen LogP contribution in [0, 0.1) is 6.92 Å². The van der Waals surface area contributed by atoms with Gasteiger partial charge in [0, 0.05) is 31.5 Å². The summed E-state index contributed by atoms with van der Waals surface area (Å²) in [6.45, 7) is 2.78. The zero-order chi connectivity index (χ0) is 13.8. The third-order valence-electron chi connectivity index (χ3n) is 3.09. The van der Waals surface area contributed by atoms with Gasteiger partial charge in [0.15, 0.2) is 0 Å². The standard InChI is InChI=1S/C14H18ClN3O/c1-10-13(14(15)18(2)17-10)9-16-12-5-3-11(4-6-12)7-8-19/h3-6,16,19H,7-9H2,1-2H3. The molecule has 0 aliphatic heterocycles. The Morgan fingerprint density at radius 2 is 2.00 bits per heavy atom. The summed E-state index contributed by atoms with van der Waals surface area (Å²) in [7, 11) is 1.84. The predicted octanol–water partition coefficient (Wildman–Crippen LogP) is 2.53. The van der Waals surface area contributed by atoms with Crippen molar-refractivity contribution in [2.45, 2.75) is 19.9 Å². The van der Waals surface area contributed by atoms with E-state index in [-0.39, 0.29) is 6.61 Å². The van der Waals surface area contributed by atoms with Crippen molar-refractivity contribution < 1.29 is 5.11 Å². The smallest absolute Gasteiger partial charge is 0.131 e. The first kappa shape index (κ1) is 13.9. The second kappa shape index (κ2) is 6.08. The largest absolute Gasteiger partial charge is 0.396 e. The van der Waals surface area contributed by atoms with Crippen LogP contribution in [0.3, 0.4) is 0 Å². The summed E-state index contributed by atoms with van der Waals surface area (Å²) < 4.78 is 1.68. The molecular formula is C14H18ClN3O. The van der Waals surface area contributed by atoms with Gasteiger partial charge in [-0.15, -0.1) is 0 Å². The number of rotatable bonds is 5. The molecule has 0 atom stereocenters. The van der Waals surface area contributed by atoms with E-state index in [1.165, 1.54) is 0 Å². The van der Waals surface area contributed by atoms with Crippen LogP contribution in [0.2, 0.25) is 5.15 Å². The van der Waals surface area contributed by atoms with E-state index in [4.69, 9.17) is 16.7 Å². The molecule has 19 heavy (non-hydrogen) atoms. The summed E-state index contributed by atoms with van der Waals surface area (Å²) in [4.78, 5) is 0. The van der Waals surface area contributed by atoms with Gasteiger partial charge >= 0.3 is 0 Å². The molecule has 1 heterocycles. The van der Waals surface area contributed by atoms with Crippen molar-refractivity contribution in [1.29, 1.82) is 0 Å². The number of halogens is 1. The highest BCUT2D eigenvalue weighted by Gasteiger charge is 2.10. The first-order chi connectivity index (χ1) is 9.11. The normalized spacial score (nSPS) is 10.7. The van der Waals surface area contributed by atoms with Crippen molar-refractivity contribution in [3.8, 4) is 0 Å². The van der Waals surface area contributed by atoms with Crippen molar-refractivity contribution in [3.05, 3.63) is 46.2 Å². The number of aliphatic hydroxyl groups excluding tert-OH is 1. The highest BCUT2D eigenvalue weighted by molar-refractivity contribution is 6.30. The van der Waals surface area contributed by atoms with E-state index < -0.39 is 0 Å². The summed E-state index contributed by atoms with van der Waals surface area (Å²) in [6, 6.07) is 8.03. The monoisotopic (exact) mass is 279 g/mol. The maximum absolute atomic E-state index is 8.86. The Morgan fingerprint density at radius 3 is 2.53 bits per heavy atom. The molecule has 102 valence electrons. The molecule has 0 aliphatic carbocycles. The minimum absolute atomic E-state index is 0.178. The molecule has 0 aliphatic rings. The molecule has 2 rings (SSSR count). The number of hydrogen-bond donors (Lipinski definition) is 2. The first-order valence-electron chi connectivity index (χ1n) is 6.23. The van der Waals surface area contributed by atoms with Crippen LogP contribution in [-0.4, -0.2) is 21.5 Å². The Bertz CT molecular complexity index is 549. The van der Waals surface area contributed by atoms with Crippen molar-refractivity contribution >= 4 is 17.3 Å². The maximum atomic E-state index is 8.86. The van der Waals surface area contributed by atoms with Crippen LogP contribution in [0.1, 0.15) is 16.8 Å². The molecule has 4 nitrogen and oxygen atoms in total. The number of aliphatic hydroxyl groups is 1. The quantitative estimate of drug-likeness (QED) is 0.884. The Hall–Kier alpha value is -1.52. The molecule has 2 N–H and O–H groups in total. The lowest BCUT2D eigenvalue weighted by Gasteiger charge is -2.07. The predicted molar refractivity (Wildman–Crippen MR) is 77.5 cm³/mol. The van der Waals surface area contributed by atoms with Crippen molar-refractivity contribution in [2.75, 3.05) is 11.9 Å². The molecule has 0 bridgehead atoms. The summed E-state index contributed by atoms with van der Waals surface area (Å²) in [5.41, 5.74) is 4.12. The van der Waals surface area contributed by atoms with Crippen LogP contribution in [0.25, 0.3) is 0 Å². The Labute approximate surface area is 118 Å². The van der Waals surface area contributed by atoms with Gasteiger partial charge in [0.05, 0.1) is 5.69 Å². The zero-order valence-corrected chi connectivity index (χ0v) is 11.9. The van der Waals surface area contributed by atoms with Gasteiger partial charge in [-0.3, -0.25) is 4.68 Å². The van der Waals surface area contributed by atoms with E-state index in [9.17, 15) is 0 Å². The van der Waals surface area contributed by atoms with E-state index >= 15 is 0 Å². The Kier molecular flexibility index (Phi) is 4.45. The molecule has 2 aromatic rings. The number of nitrogens with one attached hydrogen (secondary N) is 1. The van der Waals surface area contributed by atoms with Crippen LogP contribution in [-0.2, 0) is 20.0 Å². The van der Waals surface area contributed by atoms with Crippen LogP contribution >= 0.6 is 11.6 Å². The second-order valence-electron chi connectivity index (χ2n) is 4.50. The lowest BCUT2D eigenvalue weighted by molar-refractivity contribution is 0.299.